The van der Waals surface area contributed by atoms with Crippen molar-refractivity contribution < 1.29 is 4.74 Å². The Morgan fingerprint density at radius 3 is 2.65 bits per heavy atom. The topological polar surface area (TPSA) is 50.3 Å². The van der Waals surface area contributed by atoms with Crippen LogP contribution in [-0.2, 0) is 4.74 Å². The molecular weight excluding hydrogens is 276 g/mol. The van der Waals surface area contributed by atoms with E-state index < -0.39 is 0 Å². The zero-order valence-corrected chi connectivity index (χ0v) is 13.2. The fourth-order valence-electron chi connectivity index (χ4n) is 2.45. The summed E-state index contributed by atoms with van der Waals surface area (Å²) in [6.45, 7) is 11.0. The van der Waals surface area contributed by atoms with Crippen LogP contribution in [0.25, 0.3) is 0 Å². The Morgan fingerprint density at radius 2 is 2.00 bits per heavy atom. The van der Waals surface area contributed by atoms with Crippen molar-refractivity contribution in [2.45, 2.75) is 32.7 Å². The highest BCUT2D eigenvalue weighted by molar-refractivity contribution is 6.30. The van der Waals surface area contributed by atoms with E-state index in [-0.39, 0.29) is 0 Å². The zero-order valence-electron chi connectivity index (χ0n) is 12.4. The van der Waals surface area contributed by atoms with Crippen molar-refractivity contribution in [1.29, 1.82) is 0 Å². The molecule has 0 saturated carbocycles. The summed E-state index contributed by atoms with van der Waals surface area (Å²) in [5, 5.41) is 4.00. The molecule has 112 valence electrons. The van der Waals surface area contributed by atoms with Crippen molar-refractivity contribution in [3.8, 4) is 0 Å². The molecular formula is C14H23ClN4O. The van der Waals surface area contributed by atoms with E-state index in [2.05, 4.69) is 41.0 Å². The fourth-order valence-corrected chi connectivity index (χ4v) is 2.80. The van der Waals surface area contributed by atoms with Gasteiger partial charge in [0.15, 0.2) is 0 Å². The van der Waals surface area contributed by atoms with E-state index >= 15 is 0 Å². The van der Waals surface area contributed by atoms with Crippen LogP contribution in [0.15, 0.2) is 6.33 Å². The molecule has 1 N–H and O–H groups in total. The average Bonchev–Trinajstić information content (AvgIpc) is 2.39. The lowest BCUT2D eigenvalue weighted by Gasteiger charge is -2.30. The second-order valence-corrected chi connectivity index (χ2v) is 5.90. The number of nitrogens with zero attached hydrogens (tertiary/aromatic N) is 3. The molecule has 1 saturated heterocycles. The molecule has 0 aromatic carbocycles. The number of hydrogen-bond acceptors (Lipinski definition) is 5. The molecule has 6 heteroatoms. The third-order valence-corrected chi connectivity index (χ3v) is 3.73. The summed E-state index contributed by atoms with van der Waals surface area (Å²) in [6, 6.07) is 0.302. The van der Waals surface area contributed by atoms with Crippen LogP contribution < -0.4 is 5.32 Å². The first-order chi connectivity index (χ1) is 9.58. The molecule has 1 aromatic rings. The molecule has 0 aliphatic carbocycles. The molecule has 1 aliphatic heterocycles. The van der Waals surface area contributed by atoms with Crippen LogP contribution in [0.1, 0.15) is 32.3 Å². The van der Waals surface area contributed by atoms with Crippen molar-refractivity contribution in [1.82, 2.24) is 14.9 Å². The van der Waals surface area contributed by atoms with Gasteiger partial charge >= 0.3 is 0 Å². The van der Waals surface area contributed by atoms with Crippen LogP contribution in [0.4, 0.5) is 5.82 Å². The highest BCUT2D eigenvalue weighted by Gasteiger charge is 2.17. The molecule has 0 spiro atoms. The Balaban J connectivity index is 2.00. The number of anilines is 1. The first-order valence-electron chi connectivity index (χ1n) is 7.15. The van der Waals surface area contributed by atoms with Gasteiger partial charge in [-0.25, -0.2) is 9.97 Å². The Morgan fingerprint density at radius 1 is 1.30 bits per heavy atom. The minimum Gasteiger partial charge on any atom is -0.379 e. The number of rotatable bonds is 5. The van der Waals surface area contributed by atoms with Gasteiger partial charge in [0.1, 0.15) is 17.3 Å². The normalized spacial score (nSPS) is 18.2. The Hall–Kier alpha value is -0.910. The quantitative estimate of drug-likeness (QED) is 0.846. The zero-order chi connectivity index (χ0) is 14.5. The van der Waals surface area contributed by atoms with Crippen molar-refractivity contribution in [3.05, 3.63) is 17.0 Å². The predicted octanol–water partition coefficient (Wildman–Crippen LogP) is 2.39. The van der Waals surface area contributed by atoms with E-state index in [1.807, 2.05) is 0 Å². The molecule has 1 atom stereocenters. The summed E-state index contributed by atoms with van der Waals surface area (Å²) < 4.78 is 5.37. The molecule has 2 rings (SSSR count). The Bertz CT molecular complexity index is 435. The van der Waals surface area contributed by atoms with Crippen molar-refractivity contribution in [2.75, 3.05) is 38.2 Å². The van der Waals surface area contributed by atoms with Gasteiger partial charge in [-0.3, -0.25) is 4.90 Å². The molecule has 1 aromatic heterocycles. The molecule has 1 unspecified atom stereocenters. The lowest BCUT2D eigenvalue weighted by molar-refractivity contribution is 0.0368. The number of halogens is 1. The van der Waals surface area contributed by atoms with E-state index in [9.17, 15) is 0 Å². The SMILES string of the molecule is CC(CN1CCOCC1)Nc1ncnc(Cl)c1C(C)C. The summed E-state index contributed by atoms with van der Waals surface area (Å²) in [4.78, 5) is 10.8. The van der Waals surface area contributed by atoms with Gasteiger partial charge in [0.05, 0.1) is 13.2 Å². The van der Waals surface area contributed by atoms with Crippen LogP contribution in [-0.4, -0.2) is 53.8 Å². The smallest absolute Gasteiger partial charge is 0.138 e. The lowest BCUT2D eigenvalue weighted by Crippen LogP contribution is -2.42. The lowest BCUT2D eigenvalue weighted by atomic mass is 10.1. The van der Waals surface area contributed by atoms with Crippen molar-refractivity contribution in [3.63, 3.8) is 0 Å². The summed E-state index contributed by atoms with van der Waals surface area (Å²) in [5.41, 5.74) is 0.989. The second kappa shape index (κ2) is 7.20. The Labute approximate surface area is 125 Å². The third-order valence-electron chi connectivity index (χ3n) is 3.43. The first-order valence-corrected chi connectivity index (χ1v) is 7.52. The summed E-state index contributed by atoms with van der Waals surface area (Å²) >= 11 is 6.18. The average molecular weight is 299 g/mol. The van der Waals surface area contributed by atoms with Crippen LogP contribution in [0.5, 0.6) is 0 Å². The molecule has 1 fully saturated rings. The van der Waals surface area contributed by atoms with Crippen LogP contribution >= 0.6 is 11.6 Å². The minimum absolute atomic E-state index is 0.293. The van der Waals surface area contributed by atoms with Gasteiger partial charge in [0.25, 0.3) is 0 Å². The maximum atomic E-state index is 6.18. The molecule has 2 heterocycles. The first kappa shape index (κ1) is 15.5. The fraction of sp³-hybridized carbons (Fsp3) is 0.714. The van der Waals surface area contributed by atoms with E-state index in [0.29, 0.717) is 17.1 Å². The standard InChI is InChI=1S/C14H23ClN4O/c1-10(2)12-13(15)16-9-17-14(12)18-11(3)8-19-4-6-20-7-5-19/h9-11H,4-8H2,1-3H3,(H,16,17,18). The maximum absolute atomic E-state index is 6.18. The number of morpholine rings is 1. The van der Waals surface area contributed by atoms with Crippen LogP contribution in [0, 0.1) is 0 Å². The monoisotopic (exact) mass is 298 g/mol. The van der Waals surface area contributed by atoms with Crippen molar-refractivity contribution >= 4 is 17.4 Å². The summed E-state index contributed by atoms with van der Waals surface area (Å²) in [5.74, 6) is 1.14. The van der Waals surface area contributed by atoms with Crippen LogP contribution in [0.2, 0.25) is 5.15 Å². The van der Waals surface area contributed by atoms with Gasteiger partial charge in [-0.05, 0) is 12.8 Å². The number of ether oxygens (including phenoxy) is 1. The molecule has 5 nitrogen and oxygen atoms in total. The van der Waals surface area contributed by atoms with E-state index in [4.69, 9.17) is 16.3 Å². The molecule has 0 radical (unpaired) electrons. The third kappa shape index (κ3) is 4.04. The number of hydrogen-bond donors (Lipinski definition) is 1. The van der Waals surface area contributed by atoms with Crippen LogP contribution in [0.3, 0.4) is 0 Å². The number of nitrogens with one attached hydrogen (secondary N) is 1. The van der Waals surface area contributed by atoms with Gasteiger partial charge in [-0.15, -0.1) is 0 Å². The van der Waals surface area contributed by atoms with Gasteiger partial charge in [-0.1, -0.05) is 25.4 Å². The molecule has 1 aliphatic rings. The highest BCUT2D eigenvalue weighted by atomic mass is 35.5. The highest BCUT2D eigenvalue weighted by Crippen LogP contribution is 2.28. The Kier molecular flexibility index (Phi) is 5.57. The minimum atomic E-state index is 0.293. The summed E-state index contributed by atoms with van der Waals surface area (Å²) in [7, 11) is 0. The molecule has 0 amide bonds. The van der Waals surface area contributed by atoms with Gasteiger partial charge in [0, 0.05) is 31.2 Å². The van der Waals surface area contributed by atoms with Gasteiger partial charge in [-0.2, -0.15) is 0 Å². The van der Waals surface area contributed by atoms with Gasteiger partial charge in [0.2, 0.25) is 0 Å². The van der Waals surface area contributed by atoms with E-state index in [1.165, 1.54) is 6.33 Å². The van der Waals surface area contributed by atoms with E-state index in [1.54, 1.807) is 0 Å². The van der Waals surface area contributed by atoms with Gasteiger partial charge < -0.3 is 10.1 Å². The maximum Gasteiger partial charge on any atom is 0.138 e. The largest absolute Gasteiger partial charge is 0.379 e. The second-order valence-electron chi connectivity index (χ2n) is 5.54. The predicted molar refractivity (Wildman–Crippen MR) is 81.5 cm³/mol. The summed E-state index contributed by atoms with van der Waals surface area (Å²) in [6.07, 6.45) is 1.51. The molecule has 20 heavy (non-hydrogen) atoms. The molecule has 0 bridgehead atoms. The van der Waals surface area contributed by atoms with Crippen molar-refractivity contribution in [2.24, 2.45) is 0 Å². The van der Waals surface area contributed by atoms with E-state index in [0.717, 1.165) is 44.2 Å². The number of aromatic nitrogens is 2.